The van der Waals surface area contributed by atoms with E-state index in [0.29, 0.717) is 17.9 Å². The highest BCUT2D eigenvalue weighted by molar-refractivity contribution is 5.67. The van der Waals surface area contributed by atoms with Crippen molar-refractivity contribution in [2.75, 3.05) is 0 Å². The van der Waals surface area contributed by atoms with Crippen LogP contribution in [0, 0.1) is 23.7 Å². The molecule has 2 aliphatic heterocycles. The largest absolute Gasteiger partial charge is 0.452 e. The molecule has 0 saturated carbocycles. The van der Waals surface area contributed by atoms with E-state index >= 15 is 0 Å². The molecule has 1 atom stereocenters. The van der Waals surface area contributed by atoms with Gasteiger partial charge in [0.2, 0.25) is 0 Å². The highest BCUT2D eigenvalue weighted by Crippen LogP contribution is 2.38. The Balaban J connectivity index is 1.97. The lowest BCUT2D eigenvalue weighted by molar-refractivity contribution is -0.138. The molecule has 0 aliphatic carbocycles. The summed E-state index contributed by atoms with van der Waals surface area (Å²) in [5, 5.41) is 0. The second-order valence-corrected chi connectivity index (χ2v) is 3.91. The molecule has 0 N–H and O–H groups in total. The van der Waals surface area contributed by atoms with Crippen LogP contribution in [0.25, 0.3) is 0 Å². The van der Waals surface area contributed by atoms with E-state index in [1.54, 1.807) is 25.2 Å². The topological polar surface area (TPSA) is 44.8 Å². The Hall–Kier alpha value is -2.59. The van der Waals surface area contributed by atoms with Crippen LogP contribution in [0.1, 0.15) is 20.3 Å². The van der Waals surface area contributed by atoms with Crippen molar-refractivity contribution in [2.45, 2.75) is 26.1 Å². The third-order valence-corrected chi connectivity index (χ3v) is 2.35. The van der Waals surface area contributed by atoms with Crippen molar-refractivity contribution in [3.63, 3.8) is 0 Å². The van der Waals surface area contributed by atoms with Crippen molar-refractivity contribution in [1.82, 2.24) is 0 Å². The van der Waals surface area contributed by atoms with Gasteiger partial charge >= 0.3 is 5.97 Å². The summed E-state index contributed by atoms with van der Waals surface area (Å²) in [7, 11) is 0. The van der Waals surface area contributed by atoms with E-state index in [-0.39, 0.29) is 5.97 Å². The minimum atomic E-state index is -0.908. The molecule has 0 saturated heterocycles. The second kappa shape index (κ2) is 5.37. The van der Waals surface area contributed by atoms with Gasteiger partial charge in [-0.05, 0) is 24.8 Å². The Morgan fingerprint density at radius 2 is 2.37 bits per heavy atom. The van der Waals surface area contributed by atoms with Crippen molar-refractivity contribution < 1.29 is 19.0 Å². The van der Waals surface area contributed by atoms with E-state index in [2.05, 4.69) is 23.7 Å². The summed E-state index contributed by atoms with van der Waals surface area (Å²) in [5.74, 6) is 10.5. The van der Waals surface area contributed by atoms with E-state index in [0.717, 1.165) is 0 Å². The van der Waals surface area contributed by atoms with Crippen LogP contribution in [-0.2, 0) is 19.0 Å². The van der Waals surface area contributed by atoms with Gasteiger partial charge in [0.05, 0.1) is 6.42 Å². The molecule has 0 aromatic carbocycles. The molecule has 2 rings (SSSR count). The van der Waals surface area contributed by atoms with Crippen molar-refractivity contribution >= 4 is 5.97 Å². The van der Waals surface area contributed by atoms with E-state index in [4.69, 9.17) is 14.2 Å². The lowest BCUT2D eigenvalue weighted by Gasteiger charge is -2.21. The fraction of sp³-hybridized carbons (Fsp3) is 0.267. The third-order valence-electron chi connectivity index (χ3n) is 2.35. The van der Waals surface area contributed by atoms with Crippen LogP contribution in [0.3, 0.4) is 0 Å². The first-order chi connectivity index (χ1) is 9.13. The van der Waals surface area contributed by atoms with Crippen LogP contribution in [0.2, 0.25) is 0 Å². The van der Waals surface area contributed by atoms with E-state index in [1.165, 1.54) is 13.2 Å². The van der Waals surface area contributed by atoms with Crippen LogP contribution in [0.15, 0.2) is 36.0 Å². The molecule has 2 heterocycles. The maximum Gasteiger partial charge on any atom is 0.307 e. The zero-order chi connectivity index (χ0) is 13.7. The molecule has 0 bridgehead atoms. The fourth-order valence-corrected chi connectivity index (χ4v) is 1.65. The number of hydrogen-bond acceptors (Lipinski definition) is 4. The molecule has 1 spiro atoms. The zero-order valence-corrected chi connectivity index (χ0v) is 10.6. The van der Waals surface area contributed by atoms with Gasteiger partial charge in [0.25, 0.3) is 5.79 Å². The average molecular weight is 256 g/mol. The minimum Gasteiger partial charge on any atom is -0.452 e. The van der Waals surface area contributed by atoms with Crippen LogP contribution in [0.4, 0.5) is 0 Å². The molecule has 0 aromatic heterocycles. The summed E-state index contributed by atoms with van der Waals surface area (Å²) in [4.78, 5) is 10.9. The molecular formula is C15H12O4. The van der Waals surface area contributed by atoms with Gasteiger partial charge in [0.1, 0.15) is 12.0 Å². The van der Waals surface area contributed by atoms with E-state index < -0.39 is 5.79 Å². The number of allylic oxidation sites excluding steroid dienone is 2. The van der Waals surface area contributed by atoms with Crippen molar-refractivity contribution in [3.8, 4) is 23.7 Å². The van der Waals surface area contributed by atoms with E-state index in [1.807, 2.05) is 0 Å². The standard InChI is InChI=1S/C15H12O4/c1-3-4-5-6-7-13-8-9-15(19-13)10-14(11-17-15)18-12(2)16/h7-9,11H,10H2,1-2H3/b13-7+/t15-/m1/s1. The van der Waals surface area contributed by atoms with Crippen molar-refractivity contribution in [1.29, 1.82) is 0 Å². The number of carbonyl (C=O) groups is 1. The second-order valence-electron chi connectivity index (χ2n) is 3.91. The average Bonchev–Trinajstić information content (AvgIpc) is 2.93. The van der Waals surface area contributed by atoms with Gasteiger partial charge in [0, 0.05) is 19.1 Å². The maximum absolute atomic E-state index is 10.9. The van der Waals surface area contributed by atoms with Crippen LogP contribution < -0.4 is 0 Å². The fourth-order valence-electron chi connectivity index (χ4n) is 1.65. The van der Waals surface area contributed by atoms with Crippen molar-refractivity contribution in [2.24, 2.45) is 0 Å². The summed E-state index contributed by atoms with van der Waals surface area (Å²) in [6.45, 7) is 3.06. The summed E-state index contributed by atoms with van der Waals surface area (Å²) in [5.41, 5.74) is 0. The number of ether oxygens (including phenoxy) is 3. The predicted molar refractivity (Wildman–Crippen MR) is 67.8 cm³/mol. The molecule has 19 heavy (non-hydrogen) atoms. The van der Waals surface area contributed by atoms with E-state index in [9.17, 15) is 4.79 Å². The Labute approximate surface area is 111 Å². The normalized spacial score (nSPS) is 24.7. The van der Waals surface area contributed by atoms with Gasteiger partial charge in [-0.25, -0.2) is 0 Å². The number of rotatable bonds is 1. The molecule has 96 valence electrons. The monoisotopic (exact) mass is 256 g/mol. The Morgan fingerprint density at radius 3 is 3.11 bits per heavy atom. The lowest BCUT2D eigenvalue weighted by Crippen LogP contribution is -2.25. The SMILES string of the molecule is CC#CC#C/C=C1\C=C[C@]2(CC(OC(C)=O)=CO2)O1. The highest BCUT2D eigenvalue weighted by Gasteiger charge is 2.41. The first-order valence-electron chi connectivity index (χ1n) is 5.69. The zero-order valence-electron chi connectivity index (χ0n) is 10.6. The number of carbonyl (C=O) groups excluding carboxylic acids is 1. The molecule has 0 aromatic rings. The van der Waals surface area contributed by atoms with Crippen LogP contribution in [0.5, 0.6) is 0 Å². The minimum absolute atomic E-state index is 0.350. The Kier molecular flexibility index (Phi) is 3.63. The quantitative estimate of drug-likeness (QED) is 0.531. The molecule has 0 amide bonds. The lowest BCUT2D eigenvalue weighted by atomic mass is 10.2. The van der Waals surface area contributed by atoms with Gasteiger partial charge in [-0.2, -0.15) is 0 Å². The molecule has 0 radical (unpaired) electrons. The maximum atomic E-state index is 10.9. The van der Waals surface area contributed by atoms with Gasteiger partial charge in [-0.15, -0.1) is 0 Å². The predicted octanol–water partition coefficient (Wildman–Crippen LogP) is 2.00. The number of hydrogen-bond donors (Lipinski definition) is 0. The highest BCUT2D eigenvalue weighted by atomic mass is 16.7. The van der Waals surface area contributed by atoms with Crippen molar-refractivity contribution in [3.05, 3.63) is 36.0 Å². The van der Waals surface area contributed by atoms with Gasteiger partial charge < -0.3 is 14.2 Å². The van der Waals surface area contributed by atoms with Gasteiger partial charge in [-0.1, -0.05) is 11.8 Å². The third kappa shape index (κ3) is 3.20. The first kappa shape index (κ1) is 12.9. The smallest absolute Gasteiger partial charge is 0.307 e. The summed E-state index contributed by atoms with van der Waals surface area (Å²) < 4.78 is 16.0. The Bertz CT molecular complexity index is 602. The molecule has 0 unspecified atom stereocenters. The summed E-state index contributed by atoms with van der Waals surface area (Å²) in [6.07, 6.45) is 6.88. The van der Waals surface area contributed by atoms with Crippen LogP contribution >= 0.6 is 0 Å². The van der Waals surface area contributed by atoms with Crippen LogP contribution in [-0.4, -0.2) is 11.8 Å². The molecule has 2 aliphatic rings. The first-order valence-corrected chi connectivity index (χ1v) is 5.69. The molecule has 4 heteroatoms. The summed E-state index contributed by atoms with van der Waals surface area (Å²) >= 11 is 0. The Morgan fingerprint density at radius 1 is 1.53 bits per heavy atom. The molecule has 0 fully saturated rings. The molecule has 4 nitrogen and oxygen atoms in total. The van der Waals surface area contributed by atoms with Gasteiger partial charge in [0.15, 0.2) is 5.76 Å². The van der Waals surface area contributed by atoms with Gasteiger partial charge in [-0.3, -0.25) is 4.79 Å². The number of esters is 1. The molecular weight excluding hydrogens is 244 g/mol. The summed E-state index contributed by atoms with van der Waals surface area (Å²) in [6, 6.07) is 0.